The molecule has 1 unspecified atom stereocenters. The van der Waals surface area contributed by atoms with Crippen LogP contribution in [0.25, 0.3) is 0 Å². The van der Waals surface area contributed by atoms with Crippen LogP contribution >= 0.6 is 0 Å². The van der Waals surface area contributed by atoms with Crippen molar-refractivity contribution in [3.63, 3.8) is 0 Å². The maximum atomic E-state index is 12.3. The number of nitrogens with one attached hydrogen (secondary N) is 1. The topological polar surface area (TPSA) is 90.9 Å². The molecule has 1 aliphatic heterocycles. The third kappa shape index (κ3) is 5.88. The summed E-state index contributed by atoms with van der Waals surface area (Å²) in [6, 6.07) is -0.369. The Morgan fingerprint density at radius 1 is 1.23 bits per heavy atom. The van der Waals surface area contributed by atoms with Crippen LogP contribution in [0.15, 0.2) is 0 Å². The molecule has 1 aliphatic carbocycles. The van der Waals surface area contributed by atoms with E-state index in [1.54, 1.807) is 20.8 Å². The van der Waals surface area contributed by atoms with Gasteiger partial charge in [-0.1, -0.05) is 32.1 Å². The van der Waals surface area contributed by atoms with Gasteiger partial charge >= 0.3 is 18.0 Å². The van der Waals surface area contributed by atoms with Gasteiger partial charge in [0.2, 0.25) is 0 Å². The smallest absolute Gasteiger partial charge is 0.408 e. The molecule has 7 heteroatoms. The Kier molecular flexibility index (Phi) is 6.89. The number of hydrogen-bond acceptors (Lipinski definition) is 6. The van der Waals surface area contributed by atoms with Gasteiger partial charge < -0.3 is 19.5 Å². The second-order valence-electron chi connectivity index (χ2n) is 8.28. The molecule has 1 amide bonds. The molecule has 0 spiro atoms. The highest BCUT2D eigenvalue weighted by Gasteiger charge is 2.44. The van der Waals surface area contributed by atoms with E-state index in [0.29, 0.717) is 12.3 Å². The van der Waals surface area contributed by atoms with Crippen LogP contribution in [0.4, 0.5) is 4.79 Å². The van der Waals surface area contributed by atoms with Gasteiger partial charge in [-0.25, -0.2) is 4.79 Å². The van der Waals surface area contributed by atoms with Crippen molar-refractivity contribution in [2.24, 2.45) is 11.8 Å². The molecule has 0 aromatic carbocycles. The van der Waals surface area contributed by atoms with Crippen molar-refractivity contribution >= 4 is 18.0 Å². The van der Waals surface area contributed by atoms with Crippen LogP contribution in [0, 0.1) is 11.8 Å². The van der Waals surface area contributed by atoms with Gasteiger partial charge in [-0.15, -0.1) is 0 Å². The van der Waals surface area contributed by atoms with Crippen molar-refractivity contribution in [2.75, 3.05) is 7.11 Å². The normalized spacial score (nSPS) is 25.3. The minimum absolute atomic E-state index is 0.221. The zero-order valence-electron chi connectivity index (χ0n) is 16.2. The lowest BCUT2D eigenvalue weighted by Crippen LogP contribution is -2.46. The molecule has 1 N–H and O–H groups in total. The van der Waals surface area contributed by atoms with Crippen LogP contribution in [0.2, 0.25) is 0 Å². The Morgan fingerprint density at radius 3 is 2.46 bits per heavy atom. The SMILES string of the molecule is COC(=O)C1C[C@@H]([C@H](CC2CCCCC2)NC(=O)OC(C)(C)C)OC1=O. The van der Waals surface area contributed by atoms with Crippen LogP contribution in [0.3, 0.4) is 0 Å². The zero-order valence-corrected chi connectivity index (χ0v) is 16.2. The van der Waals surface area contributed by atoms with Crippen molar-refractivity contribution in [1.82, 2.24) is 5.32 Å². The van der Waals surface area contributed by atoms with E-state index >= 15 is 0 Å². The number of cyclic esters (lactones) is 1. The first-order chi connectivity index (χ1) is 12.2. The number of amides is 1. The Labute approximate surface area is 155 Å². The standard InChI is InChI=1S/C19H31NO6/c1-19(2,3)26-18(23)20-14(10-12-8-6-5-7-9-12)15-11-13(16(21)24-4)17(22)25-15/h12-15H,5-11H2,1-4H3,(H,20,23)/t13?,14-,15-/m0/s1. The molecular formula is C19H31NO6. The van der Waals surface area contributed by atoms with Gasteiger partial charge in [-0.3, -0.25) is 9.59 Å². The third-order valence-corrected chi connectivity index (χ3v) is 4.97. The molecule has 1 heterocycles. The van der Waals surface area contributed by atoms with Gasteiger partial charge in [-0.05, 0) is 33.1 Å². The van der Waals surface area contributed by atoms with Crippen LogP contribution in [0.1, 0.15) is 65.7 Å². The van der Waals surface area contributed by atoms with Gasteiger partial charge in [0, 0.05) is 6.42 Å². The van der Waals surface area contributed by atoms with Crippen molar-refractivity contribution in [3.05, 3.63) is 0 Å². The molecule has 2 aliphatic rings. The number of methoxy groups -OCH3 is 1. The molecule has 2 rings (SSSR count). The number of esters is 2. The number of carbonyl (C=O) groups excluding carboxylic acids is 3. The number of rotatable bonds is 5. The Morgan fingerprint density at radius 2 is 1.88 bits per heavy atom. The minimum Gasteiger partial charge on any atom is -0.468 e. The predicted octanol–water partition coefficient (Wildman–Crippen LogP) is 2.95. The summed E-state index contributed by atoms with van der Waals surface area (Å²) >= 11 is 0. The molecule has 0 radical (unpaired) electrons. The summed E-state index contributed by atoms with van der Waals surface area (Å²) < 4.78 is 15.5. The fourth-order valence-electron chi connectivity index (χ4n) is 3.73. The first-order valence-electron chi connectivity index (χ1n) is 9.47. The van der Waals surface area contributed by atoms with E-state index in [1.807, 2.05) is 0 Å². The van der Waals surface area contributed by atoms with Gasteiger partial charge in [-0.2, -0.15) is 0 Å². The summed E-state index contributed by atoms with van der Waals surface area (Å²) in [5.74, 6) is -1.62. The van der Waals surface area contributed by atoms with Crippen LogP contribution in [0.5, 0.6) is 0 Å². The van der Waals surface area contributed by atoms with E-state index in [2.05, 4.69) is 10.1 Å². The quantitative estimate of drug-likeness (QED) is 0.455. The highest BCUT2D eigenvalue weighted by atomic mass is 16.6. The van der Waals surface area contributed by atoms with E-state index in [9.17, 15) is 14.4 Å². The molecular weight excluding hydrogens is 338 g/mol. The Hall–Kier alpha value is -1.79. The number of hydrogen-bond donors (Lipinski definition) is 1. The highest BCUT2D eigenvalue weighted by Crippen LogP contribution is 2.32. The molecule has 148 valence electrons. The first kappa shape index (κ1) is 20.5. The van der Waals surface area contributed by atoms with E-state index in [1.165, 1.54) is 26.4 Å². The Bertz CT molecular complexity index is 521. The molecule has 0 bridgehead atoms. The fourth-order valence-corrected chi connectivity index (χ4v) is 3.73. The minimum atomic E-state index is -0.917. The average molecular weight is 369 g/mol. The third-order valence-electron chi connectivity index (χ3n) is 4.97. The van der Waals surface area contributed by atoms with Gasteiger partial charge in [0.15, 0.2) is 5.92 Å². The summed E-state index contributed by atoms with van der Waals surface area (Å²) in [6.07, 6.45) is 5.67. The van der Waals surface area contributed by atoms with Crippen LogP contribution in [-0.2, 0) is 23.8 Å². The summed E-state index contributed by atoms with van der Waals surface area (Å²) in [6.45, 7) is 5.39. The van der Waals surface area contributed by atoms with E-state index in [4.69, 9.17) is 9.47 Å². The summed E-state index contributed by atoms with van der Waals surface area (Å²) in [5, 5.41) is 2.87. The lowest BCUT2D eigenvalue weighted by Gasteiger charge is -2.30. The Balaban J connectivity index is 2.05. The predicted molar refractivity (Wildman–Crippen MR) is 94.4 cm³/mol. The van der Waals surface area contributed by atoms with E-state index < -0.39 is 35.7 Å². The monoisotopic (exact) mass is 369 g/mol. The largest absolute Gasteiger partial charge is 0.468 e. The van der Waals surface area contributed by atoms with Crippen molar-refractivity contribution in [3.8, 4) is 0 Å². The molecule has 2 fully saturated rings. The molecule has 7 nitrogen and oxygen atoms in total. The maximum Gasteiger partial charge on any atom is 0.408 e. The summed E-state index contributed by atoms with van der Waals surface area (Å²) in [4.78, 5) is 36.0. The van der Waals surface area contributed by atoms with Crippen molar-refractivity contribution < 1.29 is 28.6 Å². The fraction of sp³-hybridized carbons (Fsp3) is 0.842. The maximum absolute atomic E-state index is 12.3. The molecule has 3 atom stereocenters. The summed E-state index contributed by atoms with van der Waals surface area (Å²) in [5.41, 5.74) is -0.611. The first-order valence-corrected chi connectivity index (χ1v) is 9.47. The van der Waals surface area contributed by atoms with E-state index in [0.717, 1.165) is 12.8 Å². The van der Waals surface area contributed by atoms with Crippen LogP contribution in [-0.4, -0.2) is 42.9 Å². The van der Waals surface area contributed by atoms with Gasteiger partial charge in [0.25, 0.3) is 0 Å². The highest BCUT2D eigenvalue weighted by molar-refractivity contribution is 5.96. The second-order valence-corrected chi connectivity index (χ2v) is 8.28. The number of ether oxygens (including phenoxy) is 3. The van der Waals surface area contributed by atoms with Crippen LogP contribution < -0.4 is 5.32 Å². The molecule has 0 aromatic rings. The molecule has 1 saturated heterocycles. The molecule has 0 aromatic heterocycles. The zero-order chi connectivity index (χ0) is 19.3. The lowest BCUT2D eigenvalue weighted by atomic mass is 9.83. The number of carbonyl (C=O) groups is 3. The molecule has 1 saturated carbocycles. The van der Waals surface area contributed by atoms with Crippen molar-refractivity contribution in [2.45, 2.75) is 83.5 Å². The van der Waals surface area contributed by atoms with E-state index in [-0.39, 0.29) is 12.5 Å². The second kappa shape index (κ2) is 8.73. The van der Waals surface area contributed by atoms with Gasteiger partial charge in [0.05, 0.1) is 13.2 Å². The average Bonchev–Trinajstić information content (AvgIpc) is 2.94. The lowest BCUT2D eigenvalue weighted by molar-refractivity contribution is -0.155. The number of alkyl carbamates (subject to hydrolysis) is 1. The molecule has 26 heavy (non-hydrogen) atoms. The summed E-state index contributed by atoms with van der Waals surface area (Å²) in [7, 11) is 1.25. The van der Waals surface area contributed by atoms with Gasteiger partial charge in [0.1, 0.15) is 11.7 Å². The van der Waals surface area contributed by atoms with Crippen molar-refractivity contribution in [1.29, 1.82) is 0 Å².